The molecule has 0 bridgehead atoms. The molecule has 0 unspecified atom stereocenters. The van der Waals surface area contributed by atoms with Crippen LogP contribution in [0.2, 0.25) is 0 Å². The fourth-order valence-corrected chi connectivity index (χ4v) is 2.68. The molecule has 1 amide bonds. The van der Waals surface area contributed by atoms with E-state index in [0.717, 1.165) is 0 Å². The predicted octanol–water partition coefficient (Wildman–Crippen LogP) is 1.55. The number of hydrogen-bond donors (Lipinski definition) is 3. The Kier molecular flexibility index (Phi) is 5.20. The normalized spacial score (nSPS) is 19.3. The number of carbonyl (C=O) groups excluding carboxylic acids is 1. The first kappa shape index (κ1) is 17.5. The number of benzene rings is 1. The van der Waals surface area contributed by atoms with E-state index in [1.165, 1.54) is 24.4 Å². The lowest BCUT2D eigenvalue weighted by molar-refractivity contribution is -0.0135. The Morgan fingerprint density at radius 1 is 1.35 bits per heavy atom. The number of nitrogens with zero attached hydrogens (tertiary/aromatic N) is 1. The molecule has 3 N–H and O–H groups in total. The van der Waals surface area contributed by atoms with Crippen molar-refractivity contribution in [3.05, 3.63) is 53.3 Å². The summed E-state index contributed by atoms with van der Waals surface area (Å²) >= 11 is 0. The monoisotopic (exact) mass is 355 g/mol. The number of H-pyrrole nitrogens is 1. The van der Waals surface area contributed by atoms with Gasteiger partial charge in [0.2, 0.25) is 0 Å². The lowest BCUT2D eigenvalue weighted by Gasteiger charge is -2.32. The minimum Gasteiger partial charge on any atom is -0.486 e. The number of nitrogens with one attached hydrogen (secondary N) is 2. The number of aromatic amines is 1. The van der Waals surface area contributed by atoms with Crippen LogP contribution in [0.5, 0.6) is 5.75 Å². The van der Waals surface area contributed by atoms with Gasteiger partial charge >= 0.3 is 5.97 Å². The van der Waals surface area contributed by atoms with Gasteiger partial charge in [0.05, 0.1) is 23.8 Å². The van der Waals surface area contributed by atoms with Gasteiger partial charge in [-0.2, -0.15) is 5.26 Å². The number of carboxylic acid groups (broad SMARTS) is 1. The van der Waals surface area contributed by atoms with Gasteiger partial charge < -0.3 is 24.9 Å². The van der Waals surface area contributed by atoms with Crippen molar-refractivity contribution in [3.8, 4) is 11.8 Å². The molecule has 1 saturated heterocycles. The summed E-state index contributed by atoms with van der Waals surface area (Å²) in [5.41, 5.74) is 0.855. The Labute approximate surface area is 149 Å². The van der Waals surface area contributed by atoms with Gasteiger partial charge in [-0.25, -0.2) is 4.79 Å². The number of amides is 1. The third-order valence-electron chi connectivity index (χ3n) is 4.07. The number of carbonyl (C=O) groups is 2. The molecule has 8 nitrogen and oxygen atoms in total. The smallest absolute Gasteiger partial charge is 0.335 e. The number of carboxylic acids is 1. The summed E-state index contributed by atoms with van der Waals surface area (Å²) in [5, 5.41) is 20.7. The topological polar surface area (TPSA) is 124 Å². The molecule has 134 valence electrons. The Balaban J connectivity index is 1.66. The van der Waals surface area contributed by atoms with Crippen LogP contribution in [-0.2, 0) is 4.74 Å². The van der Waals surface area contributed by atoms with Crippen molar-refractivity contribution >= 4 is 11.9 Å². The summed E-state index contributed by atoms with van der Waals surface area (Å²) in [6.07, 6.45) is 1.64. The quantitative estimate of drug-likeness (QED) is 0.747. The second kappa shape index (κ2) is 7.72. The summed E-state index contributed by atoms with van der Waals surface area (Å²) in [7, 11) is 0. The molecule has 1 aliphatic rings. The molecular weight excluding hydrogens is 338 g/mol. The van der Waals surface area contributed by atoms with Gasteiger partial charge in [0, 0.05) is 12.8 Å². The van der Waals surface area contributed by atoms with Crippen LogP contribution in [-0.4, -0.2) is 47.3 Å². The molecule has 8 heteroatoms. The van der Waals surface area contributed by atoms with E-state index >= 15 is 0 Å². The Hall–Kier alpha value is -3.31. The van der Waals surface area contributed by atoms with Gasteiger partial charge in [-0.3, -0.25) is 4.79 Å². The molecule has 2 aromatic rings. The highest BCUT2D eigenvalue weighted by atomic mass is 16.5. The van der Waals surface area contributed by atoms with E-state index in [4.69, 9.17) is 19.8 Å². The zero-order chi connectivity index (χ0) is 18.5. The number of aromatic nitrogens is 1. The zero-order valence-corrected chi connectivity index (χ0v) is 13.8. The highest BCUT2D eigenvalue weighted by Crippen LogP contribution is 2.19. The van der Waals surface area contributed by atoms with Gasteiger partial charge in [-0.1, -0.05) is 0 Å². The number of aromatic carboxylic acids is 1. The largest absolute Gasteiger partial charge is 0.486 e. The van der Waals surface area contributed by atoms with Gasteiger partial charge in [0.1, 0.15) is 23.6 Å². The molecule has 0 aliphatic carbocycles. The summed E-state index contributed by atoms with van der Waals surface area (Å²) < 4.78 is 11.3. The van der Waals surface area contributed by atoms with Crippen LogP contribution in [0, 0.1) is 11.3 Å². The van der Waals surface area contributed by atoms with E-state index < -0.39 is 12.1 Å². The van der Waals surface area contributed by atoms with Crippen molar-refractivity contribution in [3.63, 3.8) is 0 Å². The van der Waals surface area contributed by atoms with Crippen LogP contribution in [0.25, 0.3) is 0 Å². The maximum atomic E-state index is 12.3. The summed E-state index contributed by atoms with van der Waals surface area (Å²) in [6, 6.07) is 9.22. The lowest BCUT2D eigenvalue weighted by atomic mass is 10.1. The average molecular weight is 355 g/mol. The van der Waals surface area contributed by atoms with E-state index in [1.807, 2.05) is 6.07 Å². The van der Waals surface area contributed by atoms with Gasteiger partial charge in [0.25, 0.3) is 5.91 Å². The highest BCUT2D eigenvalue weighted by Gasteiger charge is 2.29. The third-order valence-corrected chi connectivity index (χ3v) is 4.07. The molecule has 2 heterocycles. The van der Waals surface area contributed by atoms with Crippen molar-refractivity contribution in [1.29, 1.82) is 5.26 Å². The molecule has 2 atom stereocenters. The molecule has 0 saturated carbocycles. The summed E-state index contributed by atoms with van der Waals surface area (Å²) in [6.45, 7) is 0.802. The number of rotatable bonds is 5. The standard InChI is InChI=1S/C18H17N3O5/c19-8-11-7-15(20-9-11)17(22)21-14-5-6-25-10-16(14)26-13-3-1-12(2-4-13)18(23)24/h1-4,7,9,14,16,20H,5-6,10H2,(H,21,22)(H,23,24)/t14-,16-/m1/s1. The fraction of sp³-hybridized carbons (Fsp3) is 0.278. The molecule has 3 rings (SSSR count). The molecular formula is C18H17N3O5. The number of nitriles is 1. The molecule has 1 fully saturated rings. The van der Waals surface area contributed by atoms with Gasteiger partial charge in [-0.05, 0) is 36.8 Å². The first-order valence-electron chi connectivity index (χ1n) is 8.04. The first-order chi connectivity index (χ1) is 12.6. The van der Waals surface area contributed by atoms with Crippen LogP contribution in [0.3, 0.4) is 0 Å². The van der Waals surface area contributed by atoms with Crippen molar-refractivity contribution in [2.24, 2.45) is 0 Å². The molecule has 0 spiro atoms. The molecule has 1 aliphatic heterocycles. The van der Waals surface area contributed by atoms with Crippen LogP contribution in [0.4, 0.5) is 0 Å². The average Bonchev–Trinajstić information content (AvgIpc) is 3.13. The summed E-state index contributed by atoms with van der Waals surface area (Å²) in [5.74, 6) is -0.838. The maximum Gasteiger partial charge on any atom is 0.335 e. The van der Waals surface area contributed by atoms with Gasteiger partial charge in [0.15, 0.2) is 0 Å². The SMILES string of the molecule is N#Cc1c[nH]c(C(=O)N[C@@H]2CCOC[C@H]2Oc2ccc(C(=O)O)cc2)c1. The van der Waals surface area contributed by atoms with Gasteiger partial charge in [-0.15, -0.1) is 0 Å². The highest BCUT2D eigenvalue weighted by molar-refractivity contribution is 5.93. The second-order valence-corrected chi connectivity index (χ2v) is 5.84. The van der Waals surface area contributed by atoms with Crippen molar-refractivity contribution in [2.75, 3.05) is 13.2 Å². The number of ether oxygens (including phenoxy) is 2. The van der Waals surface area contributed by atoms with E-state index in [9.17, 15) is 9.59 Å². The predicted molar refractivity (Wildman–Crippen MR) is 90.0 cm³/mol. The van der Waals surface area contributed by atoms with E-state index in [-0.39, 0.29) is 17.5 Å². The van der Waals surface area contributed by atoms with E-state index in [2.05, 4.69) is 10.3 Å². The van der Waals surface area contributed by atoms with Crippen LogP contribution in [0.15, 0.2) is 36.5 Å². The molecule has 0 radical (unpaired) electrons. The third kappa shape index (κ3) is 4.02. The van der Waals surface area contributed by atoms with Crippen molar-refractivity contribution < 1.29 is 24.2 Å². The van der Waals surface area contributed by atoms with E-state index in [0.29, 0.717) is 36.6 Å². The van der Waals surface area contributed by atoms with E-state index in [1.54, 1.807) is 12.1 Å². The molecule has 26 heavy (non-hydrogen) atoms. The van der Waals surface area contributed by atoms with Crippen molar-refractivity contribution in [2.45, 2.75) is 18.6 Å². The van der Waals surface area contributed by atoms with Crippen LogP contribution >= 0.6 is 0 Å². The Morgan fingerprint density at radius 2 is 2.12 bits per heavy atom. The fourth-order valence-electron chi connectivity index (χ4n) is 2.68. The molecule has 1 aromatic carbocycles. The number of hydrogen-bond acceptors (Lipinski definition) is 5. The van der Waals surface area contributed by atoms with Crippen molar-refractivity contribution in [1.82, 2.24) is 10.3 Å². The molecule has 1 aromatic heterocycles. The Bertz CT molecular complexity index is 837. The zero-order valence-electron chi connectivity index (χ0n) is 13.8. The minimum atomic E-state index is -1.01. The second-order valence-electron chi connectivity index (χ2n) is 5.84. The maximum absolute atomic E-state index is 12.3. The lowest BCUT2D eigenvalue weighted by Crippen LogP contribution is -2.51. The minimum absolute atomic E-state index is 0.169. The van der Waals surface area contributed by atoms with Crippen LogP contribution in [0.1, 0.15) is 32.8 Å². The summed E-state index contributed by atoms with van der Waals surface area (Å²) in [4.78, 5) is 26.0. The first-order valence-corrected chi connectivity index (χ1v) is 8.04. The van der Waals surface area contributed by atoms with Crippen LogP contribution < -0.4 is 10.1 Å². The Morgan fingerprint density at radius 3 is 2.77 bits per heavy atom.